The third kappa shape index (κ3) is 8.20. The van der Waals surface area contributed by atoms with Crippen LogP contribution in [0, 0.1) is 0 Å². The second-order valence-electron chi connectivity index (χ2n) is 13.0. The number of aromatic amines is 1. The van der Waals surface area contributed by atoms with Gasteiger partial charge in [0.05, 0.1) is 25.5 Å². The third-order valence-corrected chi connectivity index (χ3v) is 15.6. The molecule has 3 heterocycles. The minimum atomic E-state index is -3.42. The largest absolute Gasteiger partial charge is 0.488 e. The Morgan fingerprint density at radius 2 is 1.57 bits per heavy atom. The molecule has 0 fully saturated rings. The second-order valence-corrected chi connectivity index (χ2v) is 20.5. The van der Waals surface area contributed by atoms with E-state index >= 15 is 0 Å². The summed E-state index contributed by atoms with van der Waals surface area (Å²) in [5, 5.41) is -0.0220. The quantitative estimate of drug-likeness (QED) is 0.166. The summed E-state index contributed by atoms with van der Waals surface area (Å²) in [5.41, 5.74) is 3.88. The zero-order valence-corrected chi connectivity index (χ0v) is 30.5. The van der Waals surface area contributed by atoms with Crippen LogP contribution in [0.1, 0.15) is 61.1 Å². The molecule has 1 aliphatic rings. The van der Waals surface area contributed by atoms with Gasteiger partial charge in [0.2, 0.25) is 14.2 Å². The van der Waals surface area contributed by atoms with Crippen LogP contribution >= 0.6 is 0 Å². The first-order valence-corrected chi connectivity index (χ1v) is 19.9. The van der Waals surface area contributed by atoms with E-state index in [0.29, 0.717) is 53.0 Å². The summed E-state index contributed by atoms with van der Waals surface area (Å²) in [6.45, 7) is 18.6. The molecule has 10 nitrogen and oxygen atoms in total. The molecule has 0 unspecified atom stereocenters. The van der Waals surface area contributed by atoms with E-state index in [4.69, 9.17) is 28.4 Å². The highest BCUT2D eigenvalue weighted by atomic mass is 32.2. The molecular weight excluding hydrogens is 623 g/mol. The summed E-state index contributed by atoms with van der Waals surface area (Å²) in [7, 11) is -3.83. The van der Waals surface area contributed by atoms with E-state index in [9.17, 15) is 8.42 Å². The van der Waals surface area contributed by atoms with E-state index in [-0.39, 0.29) is 23.3 Å². The van der Waals surface area contributed by atoms with Gasteiger partial charge >= 0.3 is 0 Å². The van der Waals surface area contributed by atoms with Crippen molar-refractivity contribution in [2.24, 2.45) is 4.99 Å². The van der Waals surface area contributed by atoms with Crippen LogP contribution in [0.15, 0.2) is 58.7 Å². The monoisotopic (exact) mass is 671 g/mol. The van der Waals surface area contributed by atoms with Crippen LogP contribution < -0.4 is 9.47 Å². The van der Waals surface area contributed by atoms with Crippen molar-refractivity contribution in [3.8, 4) is 28.5 Å². The Balaban J connectivity index is 1.55. The summed E-state index contributed by atoms with van der Waals surface area (Å²) in [6, 6.07) is 12.4. The van der Waals surface area contributed by atoms with Crippen LogP contribution in [-0.2, 0) is 23.7 Å². The van der Waals surface area contributed by atoms with E-state index in [1.807, 2.05) is 31.2 Å². The van der Waals surface area contributed by atoms with Gasteiger partial charge in [-0.15, -0.1) is 0 Å². The summed E-state index contributed by atoms with van der Waals surface area (Å²) in [4.78, 5) is 12.3. The van der Waals surface area contributed by atoms with Crippen molar-refractivity contribution in [1.29, 1.82) is 0 Å². The maximum absolute atomic E-state index is 11.8. The van der Waals surface area contributed by atoms with Crippen molar-refractivity contribution in [3.05, 3.63) is 54.4 Å². The first kappa shape index (κ1) is 35.7. The Bertz CT molecular complexity index is 1580. The van der Waals surface area contributed by atoms with E-state index < -0.39 is 18.2 Å². The van der Waals surface area contributed by atoms with Crippen LogP contribution in [0.4, 0.5) is 0 Å². The topological polar surface area (TPSA) is 121 Å². The number of hydrogen-bond donors (Lipinski definition) is 1. The molecule has 3 aromatic rings. The van der Waals surface area contributed by atoms with Crippen molar-refractivity contribution in [3.63, 3.8) is 0 Å². The summed E-state index contributed by atoms with van der Waals surface area (Å²) >= 11 is 0. The SMILES string of the molecule is COC[C@H](C)Oc1cc(Oc2ccc(S(C)(=O)=O)nc2)cc(-c2ccc(C3=N[C@H](C)[C@H](CO[Si](C(C)C)(C(C)C)C(C)C)O3)[nH]2)c1. The smallest absolute Gasteiger partial charge is 0.233 e. The molecule has 0 saturated heterocycles. The van der Waals surface area contributed by atoms with Crippen molar-refractivity contribution in [2.75, 3.05) is 26.6 Å². The van der Waals surface area contributed by atoms with Gasteiger partial charge in [-0.05, 0) is 66.9 Å². The third-order valence-electron chi connectivity index (χ3n) is 8.50. The molecule has 0 saturated carbocycles. The van der Waals surface area contributed by atoms with Gasteiger partial charge < -0.3 is 28.4 Å². The molecule has 252 valence electrons. The molecule has 1 N–H and O–H groups in total. The number of nitrogens with one attached hydrogen (secondary N) is 1. The number of nitrogens with zero attached hydrogens (tertiary/aromatic N) is 2. The average molecular weight is 672 g/mol. The van der Waals surface area contributed by atoms with E-state index in [2.05, 4.69) is 58.4 Å². The van der Waals surface area contributed by atoms with E-state index in [0.717, 1.165) is 23.2 Å². The molecule has 0 amide bonds. The fourth-order valence-corrected chi connectivity index (χ4v) is 12.4. The number of ether oxygens (including phenoxy) is 4. The second kappa shape index (κ2) is 14.7. The van der Waals surface area contributed by atoms with Crippen LogP contribution in [0.2, 0.25) is 16.6 Å². The van der Waals surface area contributed by atoms with Crippen molar-refractivity contribution >= 4 is 24.1 Å². The predicted molar refractivity (Wildman–Crippen MR) is 183 cm³/mol. The van der Waals surface area contributed by atoms with Crippen LogP contribution in [0.25, 0.3) is 11.3 Å². The minimum absolute atomic E-state index is 0.0220. The number of pyridine rings is 1. The molecule has 0 aliphatic carbocycles. The Labute approximate surface area is 274 Å². The first-order chi connectivity index (χ1) is 21.6. The number of aromatic nitrogens is 2. The van der Waals surface area contributed by atoms with Gasteiger partial charge in [0.15, 0.2) is 14.9 Å². The molecule has 0 bridgehead atoms. The van der Waals surface area contributed by atoms with Gasteiger partial charge in [0, 0.05) is 30.7 Å². The standard InChI is InChI=1S/C34H49N3O7SSi/c1-21(2)46(22(3)4,23(5)6)41-20-32-25(8)36-34(44-32)31-13-12-30(37-31)26-15-28(42-24(7)19-40-9)17-29(16-26)43-27-11-14-33(35-18-27)45(10,38)39/h11-18,21-25,32,37H,19-20H2,1-10H3/t24-,25+,32-/m0/s1. The fraction of sp³-hybridized carbons (Fsp3) is 0.529. The molecule has 4 rings (SSSR count). The Kier molecular flexibility index (Phi) is 11.4. The van der Waals surface area contributed by atoms with Crippen molar-refractivity contribution in [2.45, 2.75) is 95.3 Å². The molecule has 0 radical (unpaired) electrons. The Morgan fingerprint density at radius 3 is 2.15 bits per heavy atom. The lowest BCUT2D eigenvalue weighted by molar-refractivity contribution is 0.0920. The van der Waals surface area contributed by atoms with Gasteiger partial charge in [-0.3, -0.25) is 0 Å². The zero-order chi connectivity index (χ0) is 33.8. The summed E-state index contributed by atoms with van der Waals surface area (Å²) < 4.78 is 54.3. The molecule has 3 atom stereocenters. The molecule has 12 heteroatoms. The fourth-order valence-electron chi connectivity index (χ4n) is 6.40. The van der Waals surface area contributed by atoms with E-state index in [1.54, 1.807) is 19.2 Å². The van der Waals surface area contributed by atoms with E-state index in [1.165, 1.54) is 12.3 Å². The number of benzene rings is 1. The molecule has 1 aromatic carbocycles. The normalized spacial score (nSPS) is 17.8. The number of methoxy groups -OCH3 is 1. The lowest BCUT2D eigenvalue weighted by Gasteiger charge is -2.42. The van der Waals surface area contributed by atoms with Gasteiger partial charge in [-0.1, -0.05) is 41.5 Å². The van der Waals surface area contributed by atoms with Crippen molar-refractivity contribution in [1.82, 2.24) is 9.97 Å². The zero-order valence-electron chi connectivity index (χ0n) is 28.7. The minimum Gasteiger partial charge on any atom is -0.488 e. The van der Waals surface area contributed by atoms with Crippen LogP contribution in [-0.4, -0.2) is 77.4 Å². The molecule has 0 spiro atoms. The Hall–Kier alpha value is -3.19. The predicted octanol–water partition coefficient (Wildman–Crippen LogP) is 7.41. The maximum Gasteiger partial charge on any atom is 0.233 e. The van der Waals surface area contributed by atoms with Gasteiger partial charge in [-0.25, -0.2) is 18.4 Å². The van der Waals surface area contributed by atoms with Gasteiger partial charge in [0.25, 0.3) is 0 Å². The average Bonchev–Trinajstić information content (AvgIpc) is 3.60. The summed E-state index contributed by atoms with van der Waals surface area (Å²) in [5.74, 6) is 2.04. The van der Waals surface area contributed by atoms with Crippen LogP contribution in [0.3, 0.4) is 0 Å². The number of aliphatic imine (C=N–C) groups is 1. The Morgan fingerprint density at radius 1 is 0.913 bits per heavy atom. The van der Waals surface area contributed by atoms with Crippen molar-refractivity contribution < 1.29 is 31.8 Å². The molecular formula is C34H49N3O7SSi. The lowest BCUT2D eigenvalue weighted by atomic mass is 10.1. The molecule has 2 aromatic heterocycles. The highest BCUT2D eigenvalue weighted by Crippen LogP contribution is 2.42. The number of hydrogen-bond acceptors (Lipinski definition) is 9. The number of H-pyrrole nitrogens is 1. The lowest BCUT2D eigenvalue weighted by Crippen LogP contribution is -2.49. The highest BCUT2D eigenvalue weighted by molar-refractivity contribution is 7.90. The first-order valence-electron chi connectivity index (χ1n) is 15.9. The van der Waals surface area contributed by atoms with Gasteiger partial charge in [0.1, 0.15) is 35.2 Å². The van der Waals surface area contributed by atoms with Crippen LogP contribution in [0.5, 0.6) is 17.2 Å². The maximum atomic E-state index is 11.8. The molecule has 46 heavy (non-hydrogen) atoms. The number of sulfone groups is 1. The summed E-state index contributed by atoms with van der Waals surface area (Å²) in [6.07, 6.45) is 2.14. The highest BCUT2D eigenvalue weighted by Gasteiger charge is 2.46. The van der Waals surface area contributed by atoms with Gasteiger partial charge in [-0.2, -0.15) is 0 Å². The molecule has 1 aliphatic heterocycles. The number of rotatable bonds is 15.